The van der Waals surface area contributed by atoms with Crippen molar-refractivity contribution in [2.24, 2.45) is 5.92 Å². The number of nitrogens with one attached hydrogen (secondary N) is 1. The van der Waals surface area contributed by atoms with E-state index in [9.17, 15) is 9.59 Å². The molecule has 1 aromatic heterocycles. The molecule has 0 unspecified atom stereocenters. The van der Waals surface area contributed by atoms with Crippen molar-refractivity contribution in [1.82, 2.24) is 4.90 Å². The molecule has 0 radical (unpaired) electrons. The number of thiophene rings is 1. The van der Waals surface area contributed by atoms with E-state index >= 15 is 0 Å². The molecule has 2 heterocycles. The molecule has 4 rings (SSSR count). The van der Waals surface area contributed by atoms with E-state index in [1.165, 1.54) is 4.88 Å². The highest BCUT2D eigenvalue weighted by Gasteiger charge is 2.31. The molecule has 1 amide bonds. The average Bonchev–Trinajstić information content (AvgIpc) is 3.21. The van der Waals surface area contributed by atoms with Crippen LogP contribution in [0.15, 0.2) is 24.3 Å². The van der Waals surface area contributed by atoms with Crippen LogP contribution in [0.5, 0.6) is 5.75 Å². The molecule has 1 aromatic carbocycles. The van der Waals surface area contributed by atoms with Gasteiger partial charge in [0.1, 0.15) is 10.8 Å². The van der Waals surface area contributed by atoms with Gasteiger partial charge in [-0.15, -0.1) is 11.3 Å². The van der Waals surface area contributed by atoms with E-state index in [-0.39, 0.29) is 17.9 Å². The number of nitrogens with zero attached hydrogens (tertiary/aromatic N) is 2. The predicted molar refractivity (Wildman–Crippen MR) is 141 cm³/mol. The molecule has 8 heteroatoms. The van der Waals surface area contributed by atoms with Crippen molar-refractivity contribution in [2.75, 3.05) is 49.6 Å². The monoisotopic (exact) mass is 499 g/mol. The van der Waals surface area contributed by atoms with Crippen LogP contribution in [0.1, 0.15) is 54.9 Å². The van der Waals surface area contributed by atoms with Crippen LogP contribution in [-0.2, 0) is 22.4 Å². The van der Waals surface area contributed by atoms with Crippen LogP contribution in [0.3, 0.4) is 0 Å². The first-order chi connectivity index (χ1) is 16.9. The lowest BCUT2D eigenvalue weighted by Gasteiger charge is -2.39. The van der Waals surface area contributed by atoms with Crippen molar-refractivity contribution >= 4 is 33.9 Å². The van der Waals surface area contributed by atoms with Crippen molar-refractivity contribution < 1.29 is 19.1 Å². The second-order valence-electron chi connectivity index (χ2n) is 9.37. The Bertz CT molecular complexity index is 1050. The number of benzene rings is 1. The molecule has 0 spiro atoms. The number of ether oxygens (including phenoxy) is 2. The van der Waals surface area contributed by atoms with Crippen molar-refractivity contribution in [2.45, 2.75) is 53.0 Å². The lowest BCUT2D eigenvalue weighted by molar-refractivity contribution is -0.120. The topological polar surface area (TPSA) is 71.1 Å². The molecule has 1 saturated heterocycles. The minimum atomic E-state index is -0.330. The largest absolute Gasteiger partial charge is 0.492 e. The Balaban J connectivity index is 1.43. The van der Waals surface area contributed by atoms with Gasteiger partial charge in [0, 0.05) is 31.1 Å². The van der Waals surface area contributed by atoms with Gasteiger partial charge in [-0.3, -0.25) is 9.69 Å². The summed E-state index contributed by atoms with van der Waals surface area (Å²) in [7, 11) is 0. The molecule has 0 saturated carbocycles. The van der Waals surface area contributed by atoms with Gasteiger partial charge in [-0.1, -0.05) is 19.1 Å². The lowest BCUT2D eigenvalue weighted by Crippen LogP contribution is -2.52. The number of hydrogen-bond donors (Lipinski definition) is 1. The fourth-order valence-electron chi connectivity index (χ4n) is 4.99. The number of carbonyl (C=O) groups excluding carboxylic acids is 2. The van der Waals surface area contributed by atoms with E-state index in [1.807, 2.05) is 39.0 Å². The number of amides is 1. The Kier molecular flexibility index (Phi) is 8.34. The lowest BCUT2D eigenvalue weighted by atomic mass is 9.88. The molecule has 0 bridgehead atoms. The summed E-state index contributed by atoms with van der Waals surface area (Å²) >= 11 is 1.54. The maximum absolute atomic E-state index is 13.3. The summed E-state index contributed by atoms with van der Waals surface area (Å²) < 4.78 is 11.2. The average molecular weight is 500 g/mol. The van der Waals surface area contributed by atoms with Gasteiger partial charge in [-0.2, -0.15) is 0 Å². The maximum atomic E-state index is 13.3. The number of rotatable bonds is 8. The number of esters is 1. The molecule has 190 valence electrons. The number of piperazine rings is 1. The van der Waals surface area contributed by atoms with Crippen LogP contribution < -0.4 is 15.0 Å². The van der Waals surface area contributed by atoms with Gasteiger partial charge in [0.25, 0.3) is 0 Å². The number of para-hydroxylation sites is 2. The summed E-state index contributed by atoms with van der Waals surface area (Å²) in [6, 6.07) is 7.82. The van der Waals surface area contributed by atoms with Gasteiger partial charge in [-0.25, -0.2) is 4.79 Å². The smallest absolute Gasteiger partial charge is 0.341 e. The third-order valence-electron chi connectivity index (χ3n) is 6.98. The molecular weight excluding hydrogens is 462 g/mol. The summed E-state index contributed by atoms with van der Waals surface area (Å²) in [5.41, 5.74) is 2.73. The minimum absolute atomic E-state index is 0.0784. The summed E-state index contributed by atoms with van der Waals surface area (Å²) in [6.07, 6.45) is 2.86. The van der Waals surface area contributed by atoms with E-state index in [0.717, 1.165) is 62.4 Å². The number of carbonyl (C=O) groups is 2. The Morgan fingerprint density at radius 2 is 1.89 bits per heavy atom. The zero-order valence-electron chi connectivity index (χ0n) is 21.3. The first-order valence-electron chi connectivity index (χ1n) is 12.8. The Hall–Kier alpha value is -2.58. The zero-order chi connectivity index (χ0) is 24.9. The number of fused-ring (bicyclic) bond motifs is 1. The van der Waals surface area contributed by atoms with E-state index in [2.05, 4.69) is 28.1 Å². The predicted octanol–water partition coefficient (Wildman–Crippen LogP) is 4.60. The van der Waals surface area contributed by atoms with E-state index in [0.29, 0.717) is 29.7 Å². The van der Waals surface area contributed by atoms with Crippen LogP contribution >= 0.6 is 11.3 Å². The van der Waals surface area contributed by atoms with Gasteiger partial charge in [0.05, 0.1) is 30.5 Å². The van der Waals surface area contributed by atoms with E-state index < -0.39 is 0 Å². The van der Waals surface area contributed by atoms with Crippen molar-refractivity contribution in [3.8, 4) is 5.75 Å². The fraction of sp³-hybridized carbons (Fsp3) is 0.556. The summed E-state index contributed by atoms with van der Waals surface area (Å²) in [4.78, 5) is 31.8. The van der Waals surface area contributed by atoms with Gasteiger partial charge in [0.15, 0.2) is 0 Å². The normalized spacial score (nSPS) is 19.1. The number of anilines is 2. The highest BCUT2D eigenvalue weighted by atomic mass is 32.1. The Morgan fingerprint density at radius 3 is 2.60 bits per heavy atom. The van der Waals surface area contributed by atoms with Crippen LogP contribution in [0.25, 0.3) is 0 Å². The molecular formula is C27H37N3O4S. The third-order valence-corrected chi connectivity index (χ3v) is 8.14. The zero-order valence-corrected chi connectivity index (χ0v) is 22.1. The molecule has 1 aliphatic carbocycles. The molecule has 1 fully saturated rings. The first kappa shape index (κ1) is 25.5. The maximum Gasteiger partial charge on any atom is 0.341 e. The molecule has 35 heavy (non-hydrogen) atoms. The van der Waals surface area contributed by atoms with Gasteiger partial charge < -0.3 is 19.7 Å². The minimum Gasteiger partial charge on any atom is -0.492 e. The van der Waals surface area contributed by atoms with E-state index in [4.69, 9.17) is 9.47 Å². The van der Waals surface area contributed by atoms with Crippen LogP contribution in [0, 0.1) is 5.92 Å². The van der Waals surface area contributed by atoms with E-state index in [1.54, 1.807) is 11.3 Å². The SMILES string of the molecule is CCOC(=O)c1c(NC(=O)[C@H](C)N2CCN(c3ccccc3OCC)CC2)sc2c1CC[C@H](C)C2. The highest BCUT2D eigenvalue weighted by Crippen LogP contribution is 2.40. The van der Waals surface area contributed by atoms with Crippen molar-refractivity contribution in [1.29, 1.82) is 0 Å². The van der Waals surface area contributed by atoms with Crippen LogP contribution in [0.2, 0.25) is 0 Å². The molecule has 2 aliphatic rings. The summed E-state index contributed by atoms with van der Waals surface area (Å²) in [5, 5.41) is 3.73. The van der Waals surface area contributed by atoms with Crippen LogP contribution in [-0.4, -0.2) is 62.2 Å². The van der Waals surface area contributed by atoms with Gasteiger partial charge in [0.2, 0.25) is 5.91 Å². The van der Waals surface area contributed by atoms with Crippen molar-refractivity contribution in [3.05, 3.63) is 40.3 Å². The Labute approximate surface area is 212 Å². The third kappa shape index (κ3) is 5.64. The molecule has 1 aliphatic heterocycles. The fourth-order valence-corrected chi connectivity index (χ4v) is 6.39. The standard InChI is InChI=1S/C27H37N3O4S/c1-5-33-22-10-8-7-9-21(22)30-15-13-29(14-16-30)19(4)25(31)28-26-24(27(32)34-6-2)20-12-11-18(3)17-23(20)35-26/h7-10,18-19H,5-6,11-17H2,1-4H3,(H,28,31)/t18-,19-/m0/s1. The first-order valence-corrected chi connectivity index (χ1v) is 13.6. The quantitative estimate of drug-likeness (QED) is 0.536. The second-order valence-corrected chi connectivity index (χ2v) is 10.5. The van der Waals surface area contributed by atoms with Crippen molar-refractivity contribution in [3.63, 3.8) is 0 Å². The van der Waals surface area contributed by atoms with Crippen LogP contribution in [0.4, 0.5) is 10.7 Å². The Morgan fingerprint density at radius 1 is 1.14 bits per heavy atom. The summed E-state index contributed by atoms with van der Waals surface area (Å²) in [6.45, 7) is 12.1. The second kappa shape index (κ2) is 11.4. The highest BCUT2D eigenvalue weighted by molar-refractivity contribution is 7.17. The molecule has 7 nitrogen and oxygen atoms in total. The van der Waals surface area contributed by atoms with Gasteiger partial charge >= 0.3 is 5.97 Å². The molecule has 2 atom stereocenters. The van der Waals surface area contributed by atoms with Gasteiger partial charge in [-0.05, 0) is 63.6 Å². The number of hydrogen-bond acceptors (Lipinski definition) is 7. The summed E-state index contributed by atoms with van der Waals surface area (Å²) in [5.74, 6) is 1.08. The molecule has 2 aromatic rings. The molecule has 1 N–H and O–H groups in total.